The lowest BCUT2D eigenvalue weighted by Crippen LogP contribution is -2.44. The van der Waals surface area contributed by atoms with E-state index in [1.165, 1.54) is 0 Å². The van der Waals surface area contributed by atoms with E-state index in [0.717, 1.165) is 0 Å². The molecule has 0 radical (unpaired) electrons. The number of amides is 2. The fourth-order valence-corrected chi connectivity index (χ4v) is 1.69. The Bertz CT molecular complexity index is 590. The lowest BCUT2D eigenvalue weighted by atomic mass is 10.1. The molecule has 160 valence electrons. The molecule has 0 bridgehead atoms. The number of carboxylic acids is 1. The predicted molar refractivity (Wildman–Crippen MR) is 87.9 cm³/mol. The molecule has 0 aliphatic rings. The minimum Gasteiger partial charge on any atom is -0.480 e. The van der Waals surface area contributed by atoms with Gasteiger partial charge in [-0.15, -0.1) is 20.2 Å². The normalized spacial score (nSPS) is 12.8. The number of carbonyl (C=O) groups is 3. The van der Waals surface area contributed by atoms with Crippen molar-refractivity contribution >= 4 is 18.0 Å². The summed E-state index contributed by atoms with van der Waals surface area (Å²) in [6.45, 7) is 3.46. The lowest BCUT2D eigenvalue weighted by molar-refractivity contribution is -0.789. The van der Waals surface area contributed by atoms with E-state index in [9.17, 15) is 34.6 Å². The Hall–Kier alpha value is -3.39. The number of rotatable bonds is 12. The van der Waals surface area contributed by atoms with Crippen LogP contribution >= 0.6 is 0 Å². The van der Waals surface area contributed by atoms with Crippen LogP contribution in [0.2, 0.25) is 0 Å². The van der Waals surface area contributed by atoms with Gasteiger partial charge in [-0.3, -0.25) is 4.79 Å². The van der Waals surface area contributed by atoms with Crippen LogP contribution in [0.1, 0.15) is 33.6 Å². The third-order valence-electron chi connectivity index (χ3n) is 2.78. The van der Waals surface area contributed by atoms with Gasteiger partial charge in [0.25, 0.3) is 10.2 Å². The lowest BCUT2D eigenvalue weighted by Gasteiger charge is -2.22. The minimum absolute atomic E-state index is 0.299. The van der Waals surface area contributed by atoms with Gasteiger partial charge in [-0.25, -0.2) is 9.59 Å². The predicted octanol–water partition coefficient (Wildman–Crippen LogP) is -0.354. The number of aliphatic carboxylic acids is 1. The summed E-state index contributed by atoms with van der Waals surface area (Å²) in [5.74, 6) is -2.12. The number of carboxylic acid groups (broad SMARTS) is 1. The minimum atomic E-state index is -1.44. The van der Waals surface area contributed by atoms with Gasteiger partial charge in [0, 0.05) is 13.0 Å². The van der Waals surface area contributed by atoms with Crippen molar-refractivity contribution in [3.05, 3.63) is 20.2 Å². The quantitative estimate of drug-likeness (QED) is 0.279. The zero-order valence-corrected chi connectivity index (χ0v) is 15.4. The third-order valence-corrected chi connectivity index (χ3v) is 2.78. The Labute approximate surface area is 158 Å². The molecule has 0 aromatic rings. The molecule has 2 amide bonds. The van der Waals surface area contributed by atoms with E-state index in [1.807, 2.05) is 0 Å². The monoisotopic (exact) mass is 410 g/mol. The molecule has 2 atom stereocenters. The number of ether oxygens (including phenoxy) is 1. The number of nitrogens with one attached hydrogen (secondary N) is 2. The first-order chi connectivity index (χ1) is 12.8. The summed E-state index contributed by atoms with van der Waals surface area (Å²) >= 11 is 0. The third kappa shape index (κ3) is 12.9. The van der Waals surface area contributed by atoms with Crippen LogP contribution in [-0.4, -0.2) is 64.1 Å². The molecule has 0 rings (SSSR count). The number of alkyl carbamates (subject to hydrolysis) is 1. The van der Waals surface area contributed by atoms with Crippen LogP contribution in [0.4, 0.5) is 4.79 Å². The van der Waals surface area contributed by atoms with Crippen molar-refractivity contribution in [2.24, 2.45) is 0 Å². The number of hydrogen-bond acceptors (Lipinski definition) is 10. The van der Waals surface area contributed by atoms with Gasteiger partial charge in [0.2, 0.25) is 5.91 Å². The molecule has 0 aliphatic carbocycles. The first kappa shape index (κ1) is 24.6. The molecule has 0 fully saturated rings. The summed E-state index contributed by atoms with van der Waals surface area (Å²) in [6, 6.07) is -1.41. The van der Waals surface area contributed by atoms with E-state index >= 15 is 0 Å². The van der Waals surface area contributed by atoms with Crippen molar-refractivity contribution in [3.8, 4) is 0 Å². The van der Waals surface area contributed by atoms with E-state index in [1.54, 1.807) is 20.8 Å². The van der Waals surface area contributed by atoms with Crippen LogP contribution in [0.15, 0.2) is 0 Å². The number of carbonyl (C=O) groups excluding carboxylic acids is 2. The van der Waals surface area contributed by atoms with E-state index in [4.69, 9.17) is 9.84 Å². The van der Waals surface area contributed by atoms with Crippen molar-refractivity contribution in [1.29, 1.82) is 0 Å². The van der Waals surface area contributed by atoms with Crippen LogP contribution in [0.25, 0.3) is 0 Å². The average molecular weight is 410 g/mol. The van der Waals surface area contributed by atoms with Gasteiger partial charge >= 0.3 is 12.1 Å². The fourth-order valence-electron chi connectivity index (χ4n) is 1.69. The van der Waals surface area contributed by atoms with Crippen molar-refractivity contribution in [2.45, 2.75) is 51.4 Å². The molecule has 0 spiro atoms. The van der Waals surface area contributed by atoms with Gasteiger partial charge in [-0.1, -0.05) is 0 Å². The van der Waals surface area contributed by atoms with Gasteiger partial charge in [-0.05, 0) is 27.2 Å². The molecule has 0 aliphatic heterocycles. The van der Waals surface area contributed by atoms with E-state index in [2.05, 4.69) is 20.3 Å². The zero-order valence-electron chi connectivity index (χ0n) is 15.4. The maximum Gasteiger partial charge on any atom is 0.408 e. The molecule has 0 saturated heterocycles. The van der Waals surface area contributed by atoms with E-state index in [0.29, 0.717) is 0 Å². The Morgan fingerprint density at radius 3 is 2.21 bits per heavy atom. The molecule has 28 heavy (non-hydrogen) atoms. The van der Waals surface area contributed by atoms with Crippen LogP contribution in [-0.2, 0) is 24.0 Å². The summed E-state index contributed by atoms with van der Waals surface area (Å²) in [5, 5.41) is 31.4. The molecular weight excluding hydrogens is 388 g/mol. The average Bonchev–Trinajstić information content (AvgIpc) is 2.51. The van der Waals surface area contributed by atoms with Gasteiger partial charge in [0.05, 0.1) is 0 Å². The van der Waals surface area contributed by atoms with Crippen LogP contribution < -0.4 is 10.6 Å². The first-order valence-electron chi connectivity index (χ1n) is 7.87. The summed E-state index contributed by atoms with van der Waals surface area (Å²) in [6.07, 6.45) is -3.09. The highest BCUT2D eigenvalue weighted by molar-refractivity contribution is 5.81. The molecule has 3 N–H and O–H groups in total. The highest BCUT2D eigenvalue weighted by atomic mass is 17.0. The molecule has 0 aromatic carbocycles. The molecule has 15 nitrogen and oxygen atoms in total. The smallest absolute Gasteiger partial charge is 0.408 e. The second-order valence-electron chi connectivity index (χ2n) is 6.35. The number of nitrogens with zero attached hydrogens (tertiary/aromatic N) is 2. The zero-order chi connectivity index (χ0) is 21.9. The summed E-state index contributed by atoms with van der Waals surface area (Å²) in [7, 11) is 0. The van der Waals surface area contributed by atoms with Gasteiger partial charge in [0.1, 0.15) is 24.4 Å². The summed E-state index contributed by atoms with van der Waals surface area (Å²) in [5.41, 5.74) is -0.845. The number of hydrogen-bond donors (Lipinski definition) is 3. The van der Waals surface area contributed by atoms with Gasteiger partial charge in [0.15, 0.2) is 0 Å². The molecule has 15 heteroatoms. The maximum absolute atomic E-state index is 11.8. The molecule has 0 heterocycles. The fraction of sp³-hybridized carbons (Fsp3) is 0.769. The SMILES string of the molecule is CC(C)(C)OC(=O)N[C@@H](CCC(=O)NC[C@@H](CO[N+](=O)[O-])O[N+](=O)[O-])C(=O)O. The highest BCUT2D eigenvalue weighted by Gasteiger charge is 2.25. The second kappa shape index (κ2) is 11.3. The molecular formula is C13H22N4O11. The Kier molecular flexibility index (Phi) is 9.98. The standard InChI is InChI=1S/C13H22N4O11/c1-13(2,3)27-12(21)15-9(11(19)20)4-5-10(18)14-6-8(28-17(24)25)7-26-16(22)23/h8-9H,4-7H2,1-3H3,(H,14,18)(H,15,21)(H,19,20)/t8-,9-/m0/s1. The molecule has 0 aromatic heterocycles. The van der Waals surface area contributed by atoms with Crippen molar-refractivity contribution in [1.82, 2.24) is 10.6 Å². The van der Waals surface area contributed by atoms with Crippen LogP contribution in [0, 0.1) is 20.2 Å². The van der Waals surface area contributed by atoms with Crippen molar-refractivity contribution < 1.29 is 44.1 Å². The van der Waals surface area contributed by atoms with Crippen LogP contribution in [0.5, 0.6) is 0 Å². The topological polar surface area (TPSA) is 209 Å². The maximum atomic E-state index is 11.8. The summed E-state index contributed by atoms with van der Waals surface area (Å²) in [4.78, 5) is 63.1. The largest absolute Gasteiger partial charge is 0.480 e. The van der Waals surface area contributed by atoms with E-state index < -0.39 is 59.0 Å². The second-order valence-corrected chi connectivity index (χ2v) is 6.35. The van der Waals surface area contributed by atoms with E-state index in [-0.39, 0.29) is 12.8 Å². The van der Waals surface area contributed by atoms with Crippen molar-refractivity contribution in [3.63, 3.8) is 0 Å². The summed E-state index contributed by atoms with van der Waals surface area (Å²) < 4.78 is 4.92. The molecule has 0 unspecified atom stereocenters. The Morgan fingerprint density at radius 2 is 1.75 bits per heavy atom. The Balaban J connectivity index is 4.52. The van der Waals surface area contributed by atoms with Crippen LogP contribution in [0.3, 0.4) is 0 Å². The molecule has 0 saturated carbocycles. The van der Waals surface area contributed by atoms with Gasteiger partial charge in [-0.2, -0.15) is 0 Å². The van der Waals surface area contributed by atoms with Crippen molar-refractivity contribution in [2.75, 3.05) is 13.2 Å². The highest BCUT2D eigenvalue weighted by Crippen LogP contribution is 2.08. The Morgan fingerprint density at radius 1 is 1.14 bits per heavy atom. The van der Waals surface area contributed by atoms with Gasteiger partial charge < -0.3 is 30.2 Å². The first-order valence-corrected chi connectivity index (χ1v) is 7.87.